The second-order valence-electron chi connectivity index (χ2n) is 6.52. The maximum Gasteiger partial charge on any atom is 0.335 e. The number of aromatic carboxylic acids is 1. The Labute approximate surface area is 167 Å². The molecule has 2 heterocycles. The Balaban J connectivity index is 1.79. The highest BCUT2D eigenvalue weighted by Crippen LogP contribution is 2.24. The summed E-state index contributed by atoms with van der Waals surface area (Å²) in [5, 5.41) is 9.03. The number of carboxylic acid groups (broad SMARTS) is 1. The van der Waals surface area contributed by atoms with Gasteiger partial charge in [-0.15, -0.1) is 0 Å². The molecule has 0 amide bonds. The van der Waals surface area contributed by atoms with Crippen molar-refractivity contribution in [2.45, 2.75) is 20.3 Å². The summed E-state index contributed by atoms with van der Waals surface area (Å²) in [6, 6.07) is 10.2. The maximum atomic E-state index is 13.6. The number of hydrogen-bond acceptors (Lipinski definition) is 4. The van der Waals surface area contributed by atoms with Gasteiger partial charge in [-0.05, 0) is 48.7 Å². The van der Waals surface area contributed by atoms with Crippen LogP contribution in [0.3, 0.4) is 0 Å². The van der Waals surface area contributed by atoms with Crippen LogP contribution in [0.2, 0.25) is 0 Å². The first-order valence-electron chi connectivity index (χ1n) is 8.99. The Kier molecular flexibility index (Phi) is 5.93. The second-order valence-corrected chi connectivity index (χ2v) is 6.52. The van der Waals surface area contributed by atoms with Crippen LogP contribution in [0.1, 0.15) is 50.0 Å². The molecular weight excluding hydrogens is 371 g/mol. The summed E-state index contributed by atoms with van der Waals surface area (Å²) in [7, 11) is 0. The Hall–Kier alpha value is -3.67. The number of nitrogens with zero attached hydrogens (tertiary/aromatic N) is 2. The second kappa shape index (κ2) is 8.56. The van der Waals surface area contributed by atoms with E-state index in [0.717, 1.165) is 22.9 Å². The maximum absolute atomic E-state index is 13.6. The van der Waals surface area contributed by atoms with Gasteiger partial charge in [-0.25, -0.2) is 9.18 Å². The van der Waals surface area contributed by atoms with Crippen molar-refractivity contribution in [3.05, 3.63) is 100 Å². The van der Waals surface area contributed by atoms with Gasteiger partial charge in [-0.2, -0.15) is 0 Å². The van der Waals surface area contributed by atoms with Gasteiger partial charge in [0.25, 0.3) is 0 Å². The number of allylic oxidation sites excluding steroid dienone is 1. The molecule has 0 spiro atoms. The zero-order valence-corrected chi connectivity index (χ0v) is 16.0. The fourth-order valence-corrected chi connectivity index (χ4v) is 3.02. The molecule has 29 heavy (non-hydrogen) atoms. The number of aromatic nitrogens is 2. The minimum absolute atomic E-state index is 0.0464. The van der Waals surface area contributed by atoms with E-state index in [1.54, 1.807) is 43.5 Å². The van der Waals surface area contributed by atoms with Crippen LogP contribution in [0.4, 0.5) is 4.39 Å². The standard InChI is InChI=1S/C23H19FN2O3/c1-3-19(15-4-6-16(7-5-15)23(28)29)17-8-9-18(26-11-17)10-22(27)20-12-25-13-21(24)14(20)2/h3-9,11-13H,10H2,1-2H3,(H,28,29)/b19-3-. The Bertz CT molecular complexity index is 1090. The molecule has 0 unspecified atom stereocenters. The third-order valence-electron chi connectivity index (χ3n) is 4.66. The van der Waals surface area contributed by atoms with Crippen LogP contribution in [-0.2, 0) is 6.42 Å². The molecule has 0 bridgehead atoms. The number of hydrogen-bond donors (Lipinski definition) is 1. The highest BCUT2D eigenvalue weighted by molar-refractivity contribution is 5.98. The lowest BCUT2D eigenvalue weighted by Gasteiger charge is -2.09. The number of carbonyl (C=O) groups is 2. The highest BCUT2D eigenvalue weighted by Gasteiger charge is 2.14. The number of ketones is 1. The van der Waals surface area contributed by atoms with Crippen LogP contribution in [0, 0.1) is 12.7 Å². The first-order chi connectivity index (χ1) is 13.9. The van der Waals surface area contributed by atoms with Gasteiger partial charge in [0.15, 0.2) is 5.78 Å². The highest BCUT2D eigenvalue weighted by atomic mass is 19.1. The van der Waals surface area contributed by atoms with Gasteiger partial charge in [-0.3, -0.25) is 14.8 Å². The molecule has 1 aromatic carbocycles. The van der Waals surface area contributed by atoms with E-state index in [4.69, 9.17) is 5.11 Å². The summed E-state index contributed by atoms with van der Waals surface area (Å²) in [4.78, 5) is 31.6. The number of pyridine rings is 2. The van der Waals surface area contributed by atoms with Crippen LogP contribution >= 0.6 is 0 Å². The molecular formula is C23H19FN2O3. The predicted molar refractivity (Wildman–Crippen MR) is 107 cm³/mol. The van der Waals surface area contributed by atoms with Crippen molar-refractivity contribution in [2.24, 2.45) is 0 Å². The molecule has 0 saturated carbocycles. The van der Waals surface area contributed by atoms with E-state index >= 15 is 0 Å². The number of Topliss-reactive ketones (excluding diaryl/α,β-unsaturated/α-hetero) is 1. The lowest BCUT2D eigenvalue weighted by atomic mass is 9.97. The number of benzene rings is 1. The van der Waals surface area contributed by atoms with Crippen LogP contribution < -0.4 is 0 Å². The van der Waals surface area contributed by atoms with E-state index in [-0.39, 0.29) is 28.9 Å². The van der Waals surface area contributed by atoms with Crippen LogP contribution in [0.5, 0.6) is 0 Å². The van der Waals surface area contributed by atoms with Crippen molar-refractivity contribution < 1.29 is 19.1 Å². The van der Waals surface area contributed by atoms with Gasteiger partial charge in [0.2, 0.25) is 0 Å². The smallest absolute Gasteiger partial charge is 0.335 e. The van der Waals surface area contributed by atoms with Gasteiger partial charge in [-0.1, -0.05) is 24.3 Å². The van der Waals surface area contributed by atoms with Gasteiger partial charge in [0.05, 0.1) is 18.2 Å². The van der Waals surface area contributed by atoms with Crippen molar-refractivity contribution in [2.75, 3.05) is 0 Å². The molecule has 146 valence electrons. The molecule has 0 aliphatic rings. The molecule has 0 aliphatic carbocycles. The largest absolute Gasteiger partial charge is 0.478 e. The summed E-state index contributed by atoms with van der Waals surface area (Å²) in [6.45, 7) is 3.44. The summed E-state index contributed by atoms with van der Waals surface area (Å²) in [5.41, 5.74) is 3.93. The molecule has 0 atom stereocenters. The zero-order chi connectivity index (χ0) is 21.0. The molecule has 0 radical (unpaired) electrons. The average molecular weight is 390 g/mol. The third-order valence-corrected chi connectivity index (χ3v) is 4.66. The number of carboxylic acids is 1. The normalized spacial score (nSPS) is 11.3. The Morgan fingerprint density at radius 1 is 1.00 bits per heavy atom. The minimum Gasteiger partial charge on any atom is -0.478 e. The fraction of sp³-hybridized carbons (Fsp3) is 0.130. The number of rotatable bonds is 6. The van der Waals surface area contributed by atoms with E-state index in [1.165, 1.54) is 6.20 Å². The van der Waals surface area contributed by atoms with E-state index in [1.807, 2.05) is 19.1 Å². The average Bonchev–Trinajstić information content (AvgIpc) is 2.72. The van der Waals surface area contributed by atoms with Gasteiger partial charge in [0, 0.05) is 29.2 Å². The molecule has 6 heteroatoms. The quantitative estimate of drug-likeness (QED) is 0.627. The predicted octanol–water partition coefficient (Wildman–Crippen LogP) is 4.50. The monoisotopic (exact) mass is 390 g/mol. The van der Waals surface area contributed by atoms with Crippen molar-refractivity contribution in [1.29, 1.82) is 0 Å². The van der Waals surface area contributed by atoms with Crippen molar-refractivity contribution in [1.82, 2.24) is 9.97 Å². The number of halogens is 1. The Morgan fingerprint density at radius 3 is 2.24 bits per heavy atom. The van der Waals surface area contributed by atoms with E-state index in [9.17, 15) is 14.0 Å². The third kappa shape index (κ3) is 4.43. The molecule has 0 fully saturated rings. The molecule has 0 aliphatic heterocycles. The lowest BCUT2D eigenvalue weighted by molar-refractivity contribution is 0.0696. The molecule has 1 N–H and O–H groups in total. The molecule has 2 aromatic heterocycles. The summed E-state index contributed by atoms with van der Waals surface area (Å²) in [5.74, 6) is -1.73. The first kappa shape index (κ1) is 20.1. The van der Waals surface area contributed by atoms with Gasteiger partial charge < -0.3 is 5.11 Å². The SMILES string of the molecule is C/C=C(/c1ccc(C(=O)O)cc1)c1ccc(CC(=O)c2cncc(F)c2C)nc1. The van der Waals surface area contributed by atoms with E-state index in [0.29, 0.717) is 5.69 Å². The van der Waals surface area contributed by atoms with Crippen molar-refractivity contribution >= 4 is 17.3 Å². The van der Waals surface area contributed by atoms with Crippen molar-refractivity contribution in [3.8, 4) is 0 Å². The van der Waals surface area contributed by atoms with E-state index < -0.39 is 11.8 Å². The lowest BCUT2D eigenvalue weighted by Crippen LogP contribution is -2.09. The fourth-order valence-electron chi connectivity index (χ4n) is 3.02. The Morgan fingerprint density at radius 2 is 1.66 bits per heavy atom. The molecule has 3 aromatic rings. The van der Waals surface area contributed by atoms with E-state index in [2.05, 4.69) is 9.97 Å². The van der Waals surface area contributed by atoms with Crippen LogP contribution in [-0.4, -0.2) is 26.8 Å². The molecule has 3 rings (SSSR count). The summed E-state index contributed by atoms with van der Waals surface area (Å²) in [6.07, 6.45) is 6.08. The summed E-state index contributed by atoms with van der Waals surface area (Å²) >= 11 is 0. The first-order valence-corrected chi connectivity index (χ1v) is 8.99. The van der Waals surface area contributed by atoms with Crippen LogP contribution in [0.15, 0.2) is 61.1 Å². The van der Waals surface area contributed by atoms with Crippen LogP contribution in [0.25, 0.3) is 5.57 Å². The molecule has 5 nitrogen and oxygen atoms in total. The van der Waals surface area contributed by atoms with Gasteiger partial charge in [0.1, 0.15) is 5.82 Å². The van der Waals surface area contributed by atoms with Gasteiger partial charge >= 0.3 is 5.97 Å². The topological polar surface area (TPSA) is 80.1 Å². The number of carbonyl (C=O) groups excluding carboxylic acids is 1. The minimum atomic E-state index is -0.974. The molecule has 0 saturated heterocycles. The zero-order valence-electron chi connectivity index (χ0n) is 16.0. The summed E-state index contributed by atoms with van der Waals surface area (Å²) < 4.78 is 13.6. The van der Waals surface area contributed by atoms with Crippen molar-refractivity contribution in [3.63, 3.8) is 0 Å².